The lowest BCUT2D eigenvalue weighted by atomic mass is 10.2. The molecule has 1 fully saturated rings. The van der Waals surface area contributed by atoms with Gasteiger partial charge in [0.05, 0.1) is 6.04 Å². The number of cyclic esters (lactones) is 1. The minimum atomic E-state index is -0.367. The number of nitrogens with one attached hydrogen (secondary N) is 1. The van der Waals surface area contributed by atoms with Gasteiger partial charge in [-0.15, -0.1) is 11.6 Å². The minimum absolute atomic E-state index is 0.0147. The predicted molar refractivity (Wildman–Crippen MR) is 33.6 cm³/mol. The van der Waals surface area contributed by atoms with E-state index in [2.05, 4.69) is 5.32 Å². The zero-order valence-corrected chi connectivity index (χ0v) is 5.81. The summed E-state index contributed by atoms with van der Waals surface area (Å²) in [5, 5.41) is 2.56. The smallest absolute Gasteiger partial charge is 0.407 e. The van der Waals surface area contributed by atoms with E-state index in [1.807, 2.05) is 6.92 Å². The Kier molecular flexibility index (Phi) is 1.81. The fourth-order valence-corrected chi connectivity index (χ4v) is 1.05. The first-order valence-electron chi connectivity index (χ1n) is 2.77. The van der Waals surface area contributed by atoms with Crippen molar-refractivity contribution < 1.29 is 9.53 Å². The summed E-state index contributed by atoms with van der Waals surface area (Å²) < 4.78 is 4.73. The van der Waals surface area contributed by atoms with Crippen LogP contribution in [-0.2, 0) is 4.74 Å². The topological polar surface area (TPSA) is 38.3 Å². The maximum Gasteiger partial charge on any atom is 0.407 e. The molecule has 4 heteroatoms. The molecular weight excluding hydrogens is 142 g/mol. The monoisotopic (exact) mass is 149 g/mol. The fraction of sp³-hybridized carbons (Fsp3) is 0.800. The lowest BCUT2D eigenvalue weighted by Crippen LogP contribution is -2.31. The SMILES string of the molecule is C[C@H]1OC(=O)N[C@H]1CCl. The average Bonchev–Trinajstić information content (AvgIpc) is 2.10. The number of halogens is 1. The van der Waals surface area contributed by atoms with Crippen LogP contribution >= 0.6 is 11.6 Å². The Morgan fingerprint density at radius 1 is 1.89 bits per heavy atom. The summed E-state index contributed by atoms with van der Waals surface area (Å²) >= 11 is 5.47. The van der Waals surface area contributed by atoms with Gasteiger partial charge in [-0.05, 0) is 6.92 Å². The molecule has 0 spiro atoms. The predicted octanol–water partition coefficient (Wildman–Crippen LogP) is 0.722. The molecule has 52 valence electrons. The van der Waals surface area contributed by atoms with Crippen molar-refractivity contribution in [1.82, 2.24) is 5.32 Å². The fourth-order valence-electron chi connectivity index (χ4n) is 0.718. The number of rotatable bonds is 1. The Morgan fingerprint density at radius 3 is 2.78 bits per heavy atom. The average molecular weight is 150 g/mol. The summed E-state index contributed by atoms with van der Waals surface area (Å²) in [5.41, 5.74) is 0. The van der Waals surface area contributed by atoms with E-state index in [0.29, 0.717) is 5.88 Å². The van der Waals surface area contributed by atoms with Crippen molar-refractivity contribution in [2.24, 2.45) is 0 Å². The first kappa shape index (κ1) is 6.68. The van der Waals surface area contributed by atoms with Crippen LogP contribution in [0.15, 0.2) is 0 Å². The Hall–Kier alpha value is -0.440. The van der Waals surface area contributed by atoms with Gasteiger partial charge in [0.1, 0.15) is 6.10 Å². The molecule has 0 aliphatic carbocycles. The molecule has 9 heavy (non-hydrogen) atoms. The zero-order chi connectivity index (χ0) is 6.85. The molecule has 1 heterocycles. The Morgan fingerprint density at radius 2 is 2.56 bits per heavy atom. The molecule has 0 saturated carbocycles. The van der Waals surface area contributed by atoms with Gasteiger partial charge in [-0.3, -0.25) is 0 Å². The number of hydrogen-bond donors (Lipinski definition) is 1. The molecule has 1 N–H and O–H groups in total. The van der Waals surface area contributed by atoms with Crippen LogP contribution in [0, 0.1) is 0 Å². The van der Waals surface area contributed by atoms with Crippen LogP contribution in [0.1, 0.15) is 6.92 Å². The maximum absolute atomic E-state index is 10.4. The molecular formula is C5H8ClNO2. The highest BCUT2D eigenvalue weighted by molar-refractivity contribution is 6.18. The van der Waals surface area contributed by atoms with Gasteiger partial charge in [0.2, 0.25) is 0 Å². The van der Waals surface area contributed by atoms with Crippen molar-refractivity contribution in [3.63, 3.8) is 0 Å². The van der Waals surface area contributed by atoms with Gasteiger partial charge in [0, 0.05) is 5.88 Å². The van der Waals surface area contributed by atoms with Crippen LogP contribution < -0.4 is 5.32 Å². The first-order chi connectivity index (χ1) is 4.24. The lowest BCUT2D eigenvalue weighted by molar-refractivity contribution is 0.143. The minimum Gasteiger partial charge on any atom is -0.444 e. The molecule has 1 saturated heterocycles. The Balaban J connectivity index is 2.47. The van der Waals surface area contributed by atoms with Crippen LogP contribution in [0.2, 0.25) is 0 Å². The van der Waals surface area contributed by atoms with E-state index in [1.54, 1.807) is 0 Å². The van der Waals surface area contributed by atoms with Crippen molar-refractivity contribution >= 4 is 17.7 Å². The van der Waals surface area contributed by atoms with Crippen molar-refractivity contribution in [2.45, 2.75) is 19.1 Å². The van der Waals surface area contributed by atoms with E-state index in [-0.39, 0.29) is 18.2 Å². The Bertz CT molecular complexity index is 128. The zero-order valence-electron chi connectivity index (χ0n) is 5.06. The molecule has 0 unspecified atom stereocenters. The molecule has 0 aromatic heterocycles. The highest BCUT2D eigenvalue weighted by Crippen LogP contribution is 2.08. The van der Waals surface area contributed by atoms with E-state index in [1.165, 1.54) is 0 Å². The van der Waals surface area contributed by atoms with Crippen LogP contribution in [0.25, 0.3) is 0 Å². The van der Waals surface area contributed by atoms with Gasteiger partial charge in [0.25, 0.3) is 0 Å². The van der Waals surface area contributed by atoms with Gasteiger partial charge < -0.3 is 10.1 Å². The first-order valence-corrected chi connectivity index (χ1v) is 3.30. The van der Waals surface area contributed by atoms with E-state index >= 15 is 0 Å². The van der Waals surface area contributed by atoms with E-state index < -0.39 is 0 Å². The summed E-state index contributed by atoms with van der Waals surface area (Å²) in [6.07, 6.45) is -0.455. The third kappa shape index (κ3) is 1.27. The summed E-state index contributed by atoms with van der Waals surface area (Å²) in [5.74, 6) is 0.410. The van der Waals surface area contributed by atoms with Crippen molar-refractivity contribution in [2.75, 3.05) is 5.88 Å². The molecule has 1 aliphatic rings. The molecule has 0 radical (unpaired) electrons. The standard InChI is InChI=1S/C5H8ClNO2/c1-3-4(2-6)7-5(8)9-3/h3-4H,2H2,1H3,(H,7,8)/t3-,4+/m1/s1. The van der Waals surface area contributed by atoms with Gasteiger partial charge in [-0.25, -0.2) is 4.79 Å². The lowest BCUT2D eigenvalue weighted by Gasteiger charge is -2.06. The van der Waals surface area contributed by atoms with Gasteiger partial charge in [-0.2, -0.15) is 0 Å². The maximum atomic E-state index is 10.4. The van der Waals surface area contributed by atoms with Crippen LogP contribution in [0.4, 0.5) is 4.79 Å². The summed E-state index contributed by atoms with van der Waals surface area (Å²) in [7, 11) is 0. The molecule has 0 aromatic carbocycles. The molecule has 1 aliphatic heterocycles. The molecule has 1 rings (SSSR count). The Labute approximate surface area is 58.3 Å². The van der Waals surface area contributed by atoms with E-state index in [0.717, 1.165) is 0 Å². The third-order valence-electron chi connectivity index (χ3n) is 1.33. The normalized spacial score (nSPS) is 33.8. The largest absolute Gasteiger partial charge is 0.444 e. The highest BCUT2D eigenvalue weighted by atomic mass is 35.5. The summed E-state index contributed by atoms with van der Waals surface area (Å²) in [6.45, 7) is 1.81. The molecule has 1 amide bonds. The molecule has 2 atom stereocenters. The van der Waals surface area contributed by atoms with Gasteiger partial charge in [-0.1, -0.05) is 0 Å². The van der Waals surface area contributed by atoms with Crippen molar-refractivity contribution in [3.8, 4) is 0 Å². The van der Waals surface area contributed by atoms with Gasteiger partial charge in [0.15, 0.2) is 0 Å². The number of alkyl halides is 1. The summed E-state index contributed by atoms with van der Waals surface area (Å²) in [4.78, 5) is 10.4. The molecule has 0 bridgehead atoms. The third-order valence-corrected chi connectivity index (χ3v) is 1.66. The number of hydrogen-bond acceptors (Lipinski definition) is 2. The number of carbonyl (C=O) groups excluding carboxylic acids is 1. The number of amides is 1. The molecule has 0 aromatic rings. The summed E-state index contributed by atoms with van der Waals surface area (Å²) in [6, 6.07) is -0.0147. The number of carbonyl (C=O) groups is 1. The van der Waals surface area contributed by atoms with E-state index in [9.17, 15) is 4.79 Å². The quantitative estimate of drug-likeness (QED) is 0.558. The second-order valence-corrected chi connectivity index (χ2v) is 2.32. The number of ether oxygens (including phenoxy) is 1. The second kappa shape index (κ2) is 2.43. The van der Waals surface area contributed by atoms with Crippen molar-refractivity contribution in [3.05, 3.63) is 0 Å². The number of alkyl carbamates (subject to hydrolysis) is 1. The highest BCUT2D eigenvalue weighted by Gasteiger charge is 2.28. The van der Waals surface area contributed by atoms with Crippen LogP contribution in [0.3, 0.4) is 0 Å². The van der Waals surface area contributed by atoms with Crippen molar-refractivity contribution in [1.29, 1.82) is 0 Å². The van der Waals surface area contributed by atoms with Gasteiger partial charge >= 0.3 is 6.09 Å². The van der Waals surface area contributed by atoms with Crippen LogP contribution in [0.5, 0.6) is 0 Å². The molecule has 3 nitrogen and oxygen atoms in total. The van der Waals surface area contributed by atoms with Crippen LogP contribution in [-0.4, -0.2) is 24.1 Å². The van der Waals surface area contributed by atoms with E-state index in [4.69, 9.17) is 16.3 Å². The second-order valence-electron chi connectivity index (χ2n) is 2.02.